The largest absolute Gasteiger partial charge is 0.328 e. The smallest absolute Gasteiger partial charge is 0.269 e. The van der Waals surface area contributed by atoms with E-state index in [1.165, 1.54) is 23.9 Å². The van der Waals surface area contributed by atoms with Crippen LogP contribution in [0.15, 0.2) is 40.7 Å². The molecule has 140 valence electrons. The number of non-ortho nitro benzene ring substituents is 1. The van der Waals surface area contributed by atoms with Gasteiger partial charge >= 0.3 is 0 Å². The summed E-state index contributed by atoms with van der Waals surface area (Å²) in [6, 6.07) is 5.86. The first-order valence-electron chi connectivity index (χ1n) is 8.57. The van der Waals surface area contributed by atoms with E-state index in [-0.39, 0.29) is 16.9 Å². The number of nitrogens with zero attached hydrogens (tertiary/aromatic N) is 4. The highest BCUT2D eigenvalue weighted by molar-refractivity contribution is 7.98. The van der Waals surface area contributed by atoms with E-state index in [9.17, 15) is 14.9 Å². The molecule has 0 amide bonds. The summed E-state index contributed by atoms with van der Waals surface area (Å²) in [4.78, 5) is 28.1. The summed E-state index contributed by atoms with van der Waals surface area (Å²) in [5, 5.41) is 19.4. The number of fused-ring (bicyclic) bond motifs is 1. The molecule has 2 aliphatic rings. The number of rotatable bonds is 3. The van der Waals surface area contributed by atoms with Crippen molar-refractivity contribution in [1.82, 2.24) is 14.8 Å². The van der Waals surface area contributed by atoms with Crippen molar-refractivity contribution in [2.24, 2.45) is 5.41 Å². The summed E-state index contributed by atoms with van der Waals surface area (Å²) in [6.45, 7) is 4.15. The van der Waals surface area contributed by atoms with Crippen molar-refractivity contribution in [2.75, 3.05) is 11.6 Å². The summed E-state index contributed by atoms with van der Waals surface area (Å²) >= 11 is 1.42. The molecule has 1 atom stereocenters. The lowest BCUT2D eigenvalue weighted by Gasteiger charge is -2.38. The normalized spacial score (nSPS) is 20.7. The minimum Gasteiger partial charge on any atom is -0.328 e. The average molecular weight is 385 g/mol. The molecular weight excluding hydrogens is 366 g/mol. The van der Waals surface area contributed by atoms with E-state index in [1.807, 2.05) is 6.26 Å². The van der Waals surface area contributed by atoms with Crippen LogP contribution < -0.4 is 5.32 Å². The molecule has 1 aliphatic carbocycles. The summed E-state index contributed by atoms with van der Waals surface area (Å²) in [7, 11) is 0. The molecule has 1 N–H and O–H groups in total. The van der Waals surface area contributed by atoms with Gasteiger partial charge in [-0.25, -0.2) is 4.68 Å². The summed E-state index contributed by atoms with van der Waals surface area (Å²) in [6.07, 6.45) is 3.08. The highest BCUT2D eigenvalue weighted by atomic mass is 32.2. The van der Waals surface area contributed by atoms with Crippen LogP contribution in [0.25, 0.3) is 0 Å². The molecule has 2 aromatic rings. The van der Waals surface area contributed by atoms with Gasteiger partial charge in [0.2, 0.25) is 11.1 Å². The third kappa shape index (κ3) is 3.01. The van der Waals surface area contributed by atoms with Crippen molar-refractivity contribution in [2.45, 2.75) is 37.9 Å². The number of allylic oxidation sites excluding steroid dienone is 2. The van der Waals surface area contributed by atoms with Crippen molar-refractivity contribution in [3.05, 3.63) is 51.2 Å². The number of nitro groups is 1. The topological polar surface area (TPSA) is 103 Å². The van der Waals surface area contributed by atoms with E-state index < -0.39 is 11.0 Å². The van der Waals surface area contributed by atoms with Crippen molar-refractivity contribution in [1.29, 1.82) is 0 Å². The molecule has 1 aliphatic heterocycles. The maximum absolute atomic E-state index is 13.0. The van der Waals surface area contributed by atoms with Crippen LogP contribution in [0.2, 0.25) is 0 Å². The lowest BCUT2D eigenvalue weighted by molar-refractivity contribution is -0.384. The van der Waals surface area contributed by atoms with E-state index in [2.05, 4.69) is 29.2 Å². The number of nitro benzene ring substituents is 1. The summed E-state index contributed by atoms with van der Waals surface area (Å²) in [5.41, 5.74) is 2.21. The number of benzene rings is 1. The molecule has 2 heterocycles. The van der Waals surface area contributed by atoms with Crippen LogP contribution in [-0.2, 0) is 4.79 Å². The van der Waals surface area contributed by atoms with Gasteiger partial charge in [0.05, 0.1) is 4.92 Å². The van der Waals surface area contributed by atoms with Crippen LogP contribution in [-0.4, -0.2) is 31.7 Å². The van der Waals surface area contributed by atoms with Gasteiger partial charge in [-0.1, -0.05) is 25.6 Å². The number of Topliss-reactive ketones (excluding diaryl/α,β-unsaturated/α-hetero) is 1. The Morgan fingerprint density at radius 3 is 2.63 bits per heavy atom. The second-order valence-electron chi connectivity index (χ2n) is 7.58. The van der Waals surface area contributed by atoms with Crippen LogP contribution >= 0.6 is 11.8 Å². The van der Waals surface area contributed by atoms with E-state index in [4.69, 9.17) is 0 Å². The average Bonchev–Trinajstić information content (AvgIpc) is 3.01. The van der Waals surface area contributed by atoms with Gasteiger partial charge in [-0.15, -0.1) is 5.10 Å². The molecule has 1 aromatic carbocycles. The molecule has 0 saturated heterocycles. The van der Waals surface area contributed by atoms with Crippen molar-refractivity contribution in [3.8, 4) is 0 Å². The van der Waals surface area contributed by atoms with Gasteiger partial charge in [0.15, 0.2) is 5.78 Å². The van der Waals surface area contributed by atoms with Crippen molar-refractivity contribution >= 4 is 29.2 Å². The molecule has 4 rings (SSSR count). The zero-order valence-electron chi connectivity index (χ0n) is 15.2. The number of thioether (sulfide) groups is 1. The predicted molar refractivity (Wildman–Crippen MR) is 102 cm³/mol. The first kappa shape index (κ1) is 17.7. The van der Waals surface area contributed by atoms with Crippen molar-refractivity contribution < 1.29 is 9.72 Å². The lowest BCUT2D eigenvalue weighted by Crippen LogP contribution is -2.36. The molecule has 0 spiro atoms. The number of carbonyl (C=O) groups excluding carboxylic acids is 1. The molecule has 1 aromatic heterocycles. The van der Waals surface area contributed by atoms with Gasteiger partial charge in [0.25, 0.3) is 5.69 Å². The fourth-order valence-corrected chi connectivity index (χ4v) is 4.11. The monoisotopic (exact) mass is 385 g/mol. The molecule has 0 fully saturated rings. The minimum atomic E-state index is -0.436. The Morgan fingerprint density at radius 1 is 1.30 bits per heavy atom. The molecule has 9 heteroatoms. The second kappa shape index (κ2) is 6.19. The Hall–Kier alpha value is -2.68. The van der Waals surface area contributed by atoms with Gasteiger partial charge in [0.1, 0.15) is 6.04 Å². The Bertz CT molecular complexity index is 977. The fraction of sp³-hybridized carbons (Fsp3) is 0.389. The van der Waals surface area contributed by atoms with E-state index in [1.54, 1.807) is 16.8 Å². The third-order valence-corrected chi connectivity index (χ3v) is 5.45. The Morgan fingerprint density at radius 2 is 2.00 bits per heavy atom. The number of hydrogen-bond acceptors (Lipinski definition) is 7. The number of nitrogens with one attached hydrogen (secondary N) is 1. The van der Waals surface area contributed by atoms with Crippen LogP contribution in [0.3, 0.4) is 0 Å². The molecule has 1 unspecified atom stereocenters. The maximum Gasteiger partial charge on any atom is 0.269 e. The van der Waals surface area contributed by atoms with Gasteiger partial charge < -0.3 is 5.32 Å². The Kier molecular flexibility index (Phi) is 4.06. The summed E-state index contributed by atoms with van der Waals surface area (Å²) < 4.78 is 1.71. The quantitative estimate of drug-likeness (QED) is 0.489. The van der Waals surface area contributed by atoms with Crippen LogP contribution in [0.1, 0.15) is 38.3 Å². The van der Waals surface area contributed by atoms with Gasteiger partial charge in [0, 0.05) is 29.8 Å². The number of hydrogen-bond donors (Lipinski definition) is 1. The van der Waals surface area contributed by atoms with Gasteiger partial charge in [-0.05, 0) is 35.8 Å². The van der Waals surface area contributed by atoms with Crippen LogP contribution in [0, 0.1) is 15.5 Å². The van der Waals surface area contributed by atoms with Gasteiger partial charge in [-0.3, -0.25) is 14.9 Å². The van der Waals surface area contributed by atoms with E-state index in [0.717, 1.165) is 17.7 Å². The molecule has 0 radical (unpaired) electrons. The number of carbonyl (C=O) groups is 1. The molecule has 0 saturated carbocycles. The number of anilines is 1. The zero-order chi connectivity index (χ0) is 19.3. The van der Waals surface area contributed by atoms with E-state index in [0.29, 0.717) is 23.1 Å². The van der Waals surface area contributed by atoms with Crippen LogP contribution in [0.5, 0.6) is 0 Å². The Labute approximate surface area is 160 Å². The number of aromatic nitrogens is 3. The molecular formula is C18H19N5O3S. The zero-order valence-corrected chi connectivity index (χ0v) is 16.0. The third-order valence-electron chi connectivity index (χ3n) is 4.91. The molecule has 0 bridgehead atoms. The highest BCUT2D eigenvalue weighted by Crippen LogP contribution is 2.45. The first-order valence-corrected chi connectivity index (χ1v) is 9.80. The first-order chi connectivity index (χ1) is 12.8. The Balaban J connectivity index is 1.87. The van der Waals surface area contributed by atoms with E-state index >= 15 is 0 Å². The highest BCUT2D eigenvalue weighted by Gasteiger charge is 2.41. The SMILES string of the molecule is CSc1nc2n(n1)C(c1ccc([N+](=O)[O-])cc1)C1=C(CC(C)(C)CC1=O)N2. The van der Waals surface area contributed by atoms with Crippen LogP contribution in [0.4, 0.5) is 11.6 Å². The molecule has 8 nitrogen and oxygen atoms in total. The lowest BCUT2D eigenvalue weighted by atomic mass is 9.73. The van der Waals surface area contributed by atoms with Crippen molar-refractivity contribution in [3.63, 3.8) is 0 Å². The second-order valence-corrected chi connectivity index (χ2v) is 8.35. The number of ketones is 1. The minimum absolute atomic E-state index is 0.0154. The fourth-order valence-electron chi connectivity index (χ4n) is 3.76. The van der Waals surface area contributed by atoms with Gasteiger partial charge in [-0.2, -0.15) is 4.98 Å². The standard InChI is InChI=1S/C18H19N5O3S/c1-18(2)8-12-14(13(24)9-18)15(10-4-6-11(7-5-10)23(25)26)22-16(19-12)20-17(21-22)27-3/h4-7,15H,8-9H2,1-3H3,(H,19,20,21). The maximum atomic E-state index is 13.0. The predicted octanol–water partition coefficient (Wildman–Crippen LogP) is 3.57. The molecule has 27 heavy (non-hydrogen) atoms. The summed E-state index contributed by atoms with van der Waals surface area (Å²) in [5.74, 6) is 0.663.